The van der Waals surface area contributed by atoms with Crippen LogP contribution in [0, 0.1) is 0 Å². The van der Waals surface area contributed by atoms with Gasteiger partial charge in [0, 0.05) is 25.4 Å². The topological polar surface area (TPSA) is 27.6 Å². The lowest BCUT2D eigenvalue weighted by Crippen LogP contribution is -2.10. The lowest BCUT2D eigenvalue weighted by Gasteiger charge is -2.17. The van der Waals surface area contributed by atoms with Crippen LogP contribution in [0.25, 0.3) is 5.57 Å². The van der Waals surface area contributed by atoms with Crippen molar-refractivity contribution in [3.05, 3.63) is 83.6 Å². The van der Waals surface area contributed by atoms with Crippen molar-refractivity contribution in [2.45, 2.75) is 6.42 Å². The number of anilines is 1. The van der Waals surface area contributed by atoms with Crippen molar-refractivity contribution in [1.29, 1.82) is 0 Å². The Labute approximate surface area is 137 Å². The SMILES string of the molecule is CN(C)C1=C(c2ccccc2C=NNc2ccccc2)CC=C1. The Bertz CT molecular complexity index is 755. The normalized spacial score (nSPS) is 13.8. The van der Waals surface area contributed by atoms with Crippen LogP contribution < -0.4 is 5.43 Å². The number of hydrogen-bond donors (Lipinski definition) is 1. The summed E-state index contributed by atoms with van der Waals surface area (Å²) in [5, 5.41) is 4.38. The summed E-state index contributed by atoms with van der Waals surface area (Å²) < 4.78 is 0. The lowest BCUT2D eigenvalue weighted by molar-refractivity contribution is 0.533. The highest BCUT2D eigenvalue weighted by molar-refractivity contribution is 5.90. The van der Waals surface area contributed by atoms with E-state index in [0.29, 0.717) is 0 Å². The number of hydrazone groups is 1. The van der Waals surface area contributed by atoms with Crippen LogP contribution in [0.1, 0.15) is 17.5 Å². The van der Waals surface area contributed by atoms with Gasteiger partial charge in [-0.15, -0.1) is 0 Å². The molecule has 0 radical (unpaired) electrons. The van der Waals surface area contributed by atoms with Crippen molar-refractivity contribution in [2.24, 2.45) is 5.10 Å². The summed E-state index contributed by atoms with van der Waals surface area (Å²) >= 11 is 0. The molecule has 116 valence electrons. The number of nitrogens with one attached hydrogen (secondary N) is 1. The summed E-state index contributed by atoms with van der Waals surface area (Å²) in [6, 6.07) is 18.4. The van der Waals surface area contributed by atoms with Crippen LogP contribution in [0.15, 0.2) is 77.5 Å². The fraction of sp³-hybridized carbons (Fsp3) is 0.150. The van der Waals surface area contributed by atoms with Gasteiger partial charge in [0.05, 0.1) is 11.9 Å². The highest BCUT2D eigenvalue weighted by atomic mass is 15.3. The molecule has 3 rings (SSSR count). The average molecular weight is 303 g/mol. The second-order valence-electron chi connectivity index (χ2n) is 5.69. The molecule has 2 aromatic rings. The quantitative estimate of drug-likeness (QED) is 0.656. The Morgan fingerprint density at radius 2 is 1.74 bits per heavy atom. The number of likely N-dealkylation sites (N-methyl/N-ethyl adjacent to an activating group) is 1. The maximum atomic E-state index is 4.38. The van der Waals surface area contributed by atoms with E-state index in [9.17, 15) is 0 Å². The Balaban J connectivity index is 1.86. The Hall–Kier alpha value is -2.81. The first-order valence-electron chi connectivity index (χ1n) is 7.76. The predicted molar refractivity (Wildman–Crippen MR) is 98.5 cm³/mol. The van der Waals surface area contributed by atoms with Gasteiger partial charge in [-0.05, 0) is 35.8 Å². The molecule has 3 heteroatoms. The molecule has 0 aromatic heterocycles. The molecule has 0 spiro atoms. The molecule has 1 aliphatic rings. The van der Waals surface area contributed by atoms with E-state index in [1.165, 1.54) is 16.8 Å². The van der Waals surface area contributed by atoms with Crippen LogP contribution in [0.4, 0.5) is 5.69 Å². The fourth-order valence-corrected chi connectivity index (χ4v) is 2.73. The molecule has 0 atom stereocenters. The maximum Gasteiger partial charge on any atom is 0.0561 e. The third-order valence-corrected chi connectivity index (χ3v) is 3.85. The van der Waals surface area contributed by atoms with E-state index in [1.807, 2.05) is 42.6 Å². The van der Waals surface area contributed by atoms with Gasteiger partial charge >= 0.3 is 0 Å². The molecule has 0 amide bonds. The summed E-state index contributed by atoms with van der Waals surface area (Å²) in [5.74, 6) is 0. The standard InChI is InChI=1S/C20H21N3/c1-23(2)20-14-8-13-19(20)18-12-7-6-9-16(18)15-21-22-17-10-4-3-5-11-17/h3-12,14-15,22H,13H2,1-2H3. The van der Waals surface area contributed by atoms with Gasteiger partial charge in [-0.2, -0.15) is 5.10 Å². The molecule has 23 heavy (non-hydrogen) atoms. The molecule has 0 saturated heterocycles. The van der Waals surface area contributed by atoms with E-state index in [0.717, 1.165) is 17.7 Å². The van der Waals surface area contributed by atoms with Crippen molar-refractivity contribution in [1.82, 2.24) is 4.90 Å². The van der Waals surface area contributed by atoms with Crippen LogP contribution in [-0.4, -0.2) is 25.2 Å². The average Bonchev–Trinajstić information content (AvgIpc) is 3.06. The molecule has 0 saturated carbocycles. The zero-order chi connectivity index (χ0) is 16.1. The van der Waals surface area contributed by atoms with E-state index >= 15 is 0 Å². The minimum atomic E-state index is 0.963. The first-order valence-corrected chi connectivity index (χ1v) is 7.76. The predicted octanol–water partition coefficient (Wildman–Crippen LogP) is 4.37. The number of allylic oxidation sites excluding steroid dienone is 3. The van der Waals surface area contributed by atoms with Gasteiger partial charge in [0.15, 0.2) is 0 Å². The van der Waals surface area contributed by atoms with E-state index in [1.54, 1.807) is 0 Å². The summed E-state index contributed by atoms with van der Waals surface area (Å²) in [6.07, 6.45) is 7.25. The van der Waals surface area contributed by atoms with Crippen LogP contribution in [0.2, 0.25) is 0 Å². The largest absolute Gasteiger partial charge is 0.377 e. The van der Waals surface area contributed by atoms with Gasteiger partial charge in [-0.3, -0.25) is 5.43 Å². The molecule has 0 unspecified atom stereocenters. The third kappa shape index (κ3) is 3.51. The Kier molecular flexibility index (Phi) is 4.57. The van der Waals surface area contributed by atoms with E-state index < -0.39 is 0 Å². The maximum absolute atomic E-state index is 4.38. The highest BCUT2D eigenvalue weighted by Gasteiger charge is 2.15. The number of benzene rings is 2. The summed E-state index contributed by atoms with van der Waals surface area (Å²) in [4.78, 5) is 2.16. The smallest absolute Gasteiger partial charge is 0.0561 e. The number of hydrogen-bond acceptors (Lipinski definition) is 3. The van der Waals surface area contributed by atoms with Crippen molar-refractivity contribution in [3.8, 4) is 0 Å². The van der Waals surface area contributed by atoms with Gasteiger partial charge in [-0.25, -0.2) is 0 Å². The highest BCUT2D eigenvalue weighted by Crippen LogP contribution is 2.31. The van der Waals surface area contributed by atoms with E-state index in [-0.39, 0.29) is 0 Å². The molecule has 0 fully saturated rings. The van der Waals surface area contributed by atoms with Gasteiger partial charge in [-0.1, -0.05) is 48.5 Å². The molecule has 0 bridgehead atoms. The van der Waals surface area contributed by atoms with Gasteiger partial charge in [0.1, 0.15) is 0 Å². The molecular formula is C20H21N3. The summed E-state index contributed by atoms with van der Waals surface area (Å²) in [5.41, 5.74) is 9.02. The van der Waals surface area contributed by atoms with Gasteiger partial charge < -0.3 is 4.90 Å². The number of nitrogens with zero attached hydrogens (tertiary/aromatic N) is 2. The second kappa shape index (κ2) is 6.97. The van der Waals surface area contributed by atoms with Crippen LogP contribution in [0.5, 0.6) is 0 Å². The van der Waals surface area contributed by atoms with E-state index in [4.69, 9.17) is 0 Å². The molecule has 1 N–H and O–H groups in total. The molecule has 0 heterocycles. The van der Waals surface area contributed by atoms with Gasteiger partial charge in [0.25, 0.3) is 0 Å². The zero-order valence-electron chi connectivity index (χ0n) is 13.5. The number of para-hydroxylation sites is 1. The third-order valence-electron chi connectivity index (χ3n) is 3.85. The fourth-order valence-electron chi connectivity index (χ4n) is 2.73. The molecular weight excluding hydrogens is 282 g/mol. The molecule has 2 aromatic carbocycles. The Morgan fingerprint density at radius 3 is 2.52 bits per heavy atom. The van der Waals surface area contributed by atoms with Crippen molar-refractivity contribution in [3.63, 3.8) is 0 Å². The first-order chi connectivity index (χ1) is 11.3. The van der Waals surface area contributed by atoms with Crippen LogP contribution in [-0.2, 0) is 0 Å². The lowest BCUT2D eigenvalue weighted by atomic mass is 9.98. The minimum Gasteiger partial charge on any atom is -0.377 e. The second-order valence-corrected chi connectivity index (χ2v) is 5.69. The summed E-state index contributed by atoms with van der Waals surface area (Å²) in [6.45, 7) is 0. The summed E-state index contributed by atoms with van der Waals surface area (Å²) in [7, 11) is 4.16. The monoisotopic (exact) mass is 303 g/mol. The van der Waals surface area contributed by atoms with Gasteiger partial charge in [0.2, 0.25) is 0 Å². The van der Waals surface area contributed by atoms with Crippen molar-refractivity contribution < 1.29 is 0 Å². The molecule has 0 aliphatic heterocycles. The van der Waals surface area contributed by atoms with Crippen LogP contribution in [0.3, 0.4) is 0 Å². The van der Waals surface area contributed by atoms with Crippen molar-refractivity contribution >= 4 is 17.5 Å². The van der Waals surface area contributed by atoms with E-state index in [2.05, 4.69) is 59.9 Å². The minimum absolute atomic E-state index is 0.963. The van der Waals surface area contributed by atoms with Crippen LogP contribution >= 0.6 is 0 Å². The Morgan fingerprint density at radius 1 is 1.00 bits per heavy atom. The first kappa shape index (κ1) is 15.1. The zero-order valence-corrected chi connectivity index (χ0v) is 13.5. The molecule has 1 aliphatic carbocycles. The molecule has 3 nitrogen and oxygen atoms in total. The van der Waals surface area contributed by atoms with Crippen molar-refractivity contribution in [2.75, 3.05) is 19.5 Å². The number of rotatable bonds is 5.